The van der Waals surface area contributed by atoms with Crippen LogP contribution >= 0.6 is 11.6 Å². The minimum atomic E-state index is -1.75. The largest absolute Gasteiger partial charge is 0.356 e. The van der Waals surface area contributed by atoms with E-state index in [0.717, 1.165) is 4.48 Å². The van der Waals surface area contributed by atoms with Gasteiger partial charge < -0.3 is 15.3 Å². The molecule has 0 N–H and O–H groups in total. The van der Waals surface area contributed by atoms with E-state index < -0.39 is 5.09 Å². The number of alkyl halides is 1. The predicted molar refractivity (Wildman–Crippen MR) is 61.2 cm³/mol. The number of halogens is 1. The van der Waals surface area contributed by atoms with Crippen molar-refractivity contribution in [2.24, 2.45) is 0 Å². The quantitative estimate of drug-likeness (QED) is 0.258. The van der Waals surface area contributed by atoms with E-state index in [1.807, 2.05) is 18.2 Å². The number of para-hydroxylation sites is 1. The van der Waals surface area contributed by atoms with Gasteiger partial charge in [-0.2, -0.15) is 0 Å². The van der Waals surface area contributed by atoms with Crippen LogP contribution in [-0.4, -0.2) is 25.2 Å². The fourth-order valence-corrected chi connectivity index (χ4v) is 1.04. The van der Waals surface area contributed by atoms with Gasteiger partial charge in [0.25, 0.3) is 0 Å². The van der Waals surface area contributed by atoms with Crippen LogP contribution in [0, 0.1) is 15.3 Å². The van der Waals surface area contributed by atoms with Crippen molar-refractivity contribution in [2.75, 3.05) is 20.1 Å². The molecule has 1 aromatic rings. The lowest BCUT2D eigenvalue weighted by atomic mass is 10.3. The smallest absolute Gasteiger partial charge is 0.159 e. The third kappa shape index (κ3) is 5.87. The second-order valence-corrected chi connectivity index (χ2v) is 3.60. The molecule has 0 saturated carbocycles. The summed E-state index contributed by atoms with van der Waals surface area (Å²) in [5.74, 6) is 0. The zero-order valence-corrected chi connectivity index (χ0v) is 9.35. The molecule has 6 heteroatoms. The van der Waals surface area contributed by atoms with Crippen LogP contribution in [0.25, 0.3) is 0 Å². The first-order valence-electron chi connectivity index (χ1n) is 4.16. The standard InChI is InChI=1S/C9H13ClN.NO3/c1-11(2,8-10)9-6-4-3-5-7-9;2-1(3)4/h3-7H,8H2,1-2H3;/q+1;-1. The molecular formula is C9H13ClN2O3. The number of quaternary nitrogens is 1. The van der Waals surface area contributed by atoms with Gasteiger partial charge in [-0.05, 0) is 12.1 Å². The molecule has 15 heavy (non-hydrogen) atoms. The molecule has 0 aliphatic heterocycles. The fraction of sp³-hybridized carbons (Fsp3) is 0.333. The molecule has 0 aliphatic rings. The maximum absolute atomic E-state index is 8.25. The van der Waals surface area contributed by atoms with Gasteiger partial charge in [0.2, 0.25) is 0 Å². The highest BCUT2D eigenvalue weighted by molar-refractivity contribution is 6.18. The third-order valence-electron chi connectivity index (χ3n) is 1.75. The van der Waals surface area contributed by atoms with Crippen molar-refractivity contribution in [3.8, 4) is 0 Å². The fourth-order valence-electron chi connectivity index (χ4n) is 0.901. The molecule has 0 bridgehead atoms. The van der Waals surface area contributed by atoms with Crippen molar-refractivity contribution in [3.05, 3.63) is 45.7 Å². The number of hydrogen-bond donors (Lipinski definition) is 0. The average molecular weight is 233 g/mol. The van der Waals surface area contributed by atoms with Gasteiger partial charge in [0.05, 0.1) is 19.2 Å². The number of rotatable bonds is 2. The van der Waals surface area contributed by atoms with Gasteiger partial charge in [0.1, 0.15) is 5.69 Å². The third-order valence-corrected chi connectivity index (χ3v) is 2.35. The van der Waals surface area contributed by atoms with E-state index in [2.05, 4.69) is 26.2 Å². The summed E-state index contributed by atoms with van der Waals surface area (Å²) in [6.07, 6.45) is 0. The molecule has 0 radical (unpaired) electrons. The molecule has 1 aromatic carbocycles. The Kier molecular flexibility index (Phi) is 5.66. The second-order valence-electron chi connectivity index (χ2n) is 3.36. The lowest BCUT2D eigenvalue weighted by Crippen LogP contribution is -2.38. The lowest BCUT2D eigenvalue weighted by molar-refractivity contribution is -0.402. The van der Waals surface area contributed by atoms with E-state index in [0.29, 0.717) is 6.00 Å². The molecule has 0 fully saturated rings. The van der Waals surface area contributed by atoms with Crippen molar-refractivity contribution in [1.29, 1.82) is 0 Å². The number of benzene rings is 1. The zero-order chi connectivity index (χ0) is 11.9. The van der Waals surface area contributed by atoms with Crippen LogP contribution in [-0.2, 0) is 0 Å². The van der Waals surface area contributed by atoms with Crippen molar-refractivity contribution in [1.82, 2.24) is 4.48 Å². The van der Waals surface area contributed by atoms with E-state index in [4.69, 9.17) is 26.9 Å². The summed E-state index contributed by atoms with van der Waals surface area (Å²) in [6.45, 7) is 0. The molecule has 0 atom stereocenters. The van der Waals surface area contributed by atoms with E-state index >= 15 is 0 Å². The van der Waals surface area contributed by atoms with Gasteiger partial charge in [-0.3, -0.25) is 4.48 Å². The van der Waals surface area contributed by atoms with Crippen molar-refractivity contribution >= 4 is 17.3 Å². The van der Waals surface area contributed by atoms with Gasteiger partial charge in [0.15, 0.2) is 6.00 Å². The maximum atomic E-state index is 8.25. The monoisotopic (exact) mass is 232 g/mol. The van der Waals surface area contributed by atoms with Crippen molar-refractivity contribution in [3.63, 3.8) is 0 Å². The molecule has 0 saturated heterocycles. The molecule has 0 spiro atoms. The minimum Gasteiger partial charge on any atom is -0.356 e. The van der Waals surface area contributed by atoms with E-state index in [9.17, 15) is 0 Å². The highest BCUT2D eigenvalue weighted by Gasteiger charge is 2.15. The van der Waals surface area contributed by atoms with Gasteiger partial charge in [-0.1, -0.05) is 29.8 Å². The summed E-state index contributed by atoms with van der Waals surface area (Å²) in [6, 6.07) is 10.8. The van der Waals surface area contributed by atoms with Gasteiger partial charge >= 0.3 is 0 Å². The summed E-state index contributed by atoms with van der Waals surface area (Å²) < 4.78 is 0.725. The van der Waals surface area contributed by atoms with Crippen LogP contribution in [0.5, 0.6) is 0 Å². The molecule has 84 valence electrons. The molecule has 1 rings (SSSR count). The van der Waals surface area contributed by atoms with Crippen LogP contribution in [0.2, 0.25) is 0 Å². The first-order valence-corrected chi connectivity index (χ1v) is 4.69. The molecule has 0 aromatic heterocycles. The van der Waals surface area contributed by atoms with Crippen LogP contribution in [0.1, 0.15) is 0 Å². The number of nitrogens with zero attached hydrogens (tertiary/aromatic N) is 2. The first kappa shape index (κ1) is 13.7. The van der Waals surface area contributed by atoms with Gasteiger partial charge in [-0.25, -0.2) is 0 Å². The summed E-state index contributed by atoms with van der Waals surface area (Å²) in [5, 5.41) is 14.8. The molecular weight excluding hydrogens is 220 g/mol. The van der Waals surface area contributed by atoms with E-state index in [-0.39, 0.29) is 0 Å². The predicted octanol–water partition coefficient (Wildman–Crippen LogP) is 2.21. The highest BCUT2D eigenvalue weighted by Crippen LogP contribution is 2.17. The number of hydrogen-bond acceptors (Lipinski definition) is 3. The first-order chi connectivity index (χ1) is 6.90. The van der Waals surface area contributed by atoms with Crippen molar-refractivity contribution in [2.45, 2.75) is 0 Å². The Hall–Kier alpha value is -1.33. The Labute approximate surface area is 93.2 Å². The Morgan fingerprint density at radius 1 is 1.27 bits per heavy atom. The molecule has 5 nitrogen and oxygen atoms in total. The second kappa shape index (κ2) is 6.21. The summed E-state index contributed by atoms with van der Waals surface area (Å²) in [7, 11) is 4.17. The van der Waals surface area contributed by atoms with Crippen LogP contribution in [0.4, 0.5) is 5.69 Å². The average Bonchev–Trinajstić information content (AvgIpc) is 2.18. The van der Waals surface area contributed by atoms with Gasteiger partial charge in [0, 0.05) is 0 Å². The Morgan fingerprint density at radius 3 is 2.00 bits per heavy atom. The lowest BCUT2D eigenvalue weighted by Gasteiger charge is -2.25. The van der Waals surface area contributed by atoms with Crippen LogP contribution in [0.3, 0.4) is 0 Å². The Balaban J connectivity index is 0.000000423. The van der Waals surface area contributed by atoms with Crippen LogP contribution < -0.4 is 4.48 Å². The molecule has 0 amide bonds. The molecule has 0 heterocycles. The summed E-state index contributed by atoms with van der Waals surface area (Å²) in [5.41, 5.74) is 1.24. The summed E-state index contributed by atoms with van der Waals surface area (Å²) in [4.78, 5) is 8.25. The molecule has 0 aliphatic carbocycles. The minimum absolute atomic E-state index is 0.601. The maximum Gasteiger partial charge on any atom is 0.159 e. The topological polar surface area (TPSA) is 66.2 Å². The zero-order valence-electron chi connectivity index (χ0n) is 8.59. The Morgan fingerprint density at radius 2 is 1.67 bits per heavy atom. The van der Waals surface area contributed by atoms with E-state index in [1.165, 1.54) is 5.69 Å². The summed E-state index contributed by atoms with van der Waals surface area (Å²) >= 11 is 5.80. The highest BCUT2D eigenvalue weighted by atomic mass is 35.5. The molecule has 0 unspecified atom stereocenters. The van der Waals surface area contributed by atoms with Crippen LogP contribution in [0.15, 0.2) is 30.3 Å². The van der Waals surface area contributed by atoms with E-state index in [1.54, 1.807) is 0 Å². The normalized spacial score (nSPS) is 10.1. The SMILES string of the molecule is C[N+](C)(CCl)c1ccccc1.O=[N+]([O-])[O-]. The van der Waals surface area contributed by atoms with Crippen molar-refractivity contribution < 1.29 is 5.09 Å². The van der Waals surface area contributed by atoms with Gasteiger partial charge in [-0.15, -0.1) is 0 Å². The Bertz CT molecular complexity index is 299.